The van der Waals surface area contributed by atoms with Gasteiger partial charge in [-0.2, -0.15) is 0 Å². The smallest absolute Gasteiger partial charge is 0.123 e. The Balaban J connectivity index is 2.43. The maximum Gasteiger partial charge on any atom is 0.123 e. The second-order valence-electron chi connectivity index (χ2n) is 5.23. The fourth-order valence-electron chi connectivity index (χ4n) is 2.19. The van der Waals surface area contributed by atoms with Crippen LogP contribution >= 0.6 is 11.6 Å². The van der Waals surface area contributed by atoms with Crippen molar-refractivity contribution in [3.63, 3.8) is 0 Å². The summed E-state index contributed by atoms with van der Waals surface area (Å²) >= 11 is 6.14. The zero-order chi connectivity index (χ0) is 14.0. The zero-order valence-electron chi connectivity index (χ0n) is 11.0. The predicted molar refractivity (Wildman–Crippen MR) is 77.8 cm³/mol. The van der Waals surface area contributed by atoms with Crippen molar-refractivity contribution >= 4 is 11.6 Å². The Labute approximate surface area is 118 Å². The molecule has 0 saturated carbocycles. The van der Waals surface area contributed by atoms with Crippen LogP contribution in [0.5, 0.6) is 0 Å². The molecule has 0 spiro atoms. The maximum atomic E-state index is 13.4. The van der Waals surface area contributed by atoms with Gasteiger partial charge in [0.15, 0.2) is 0 Å². The molecule has 2 rings (SSSR count). The van der Waals surface area contributed by atoms with Crippen molar-refractivity contribution < 1.29 is 4.39 Å². The fraction of sp³-hybridized carbons (Fsp3) is 0.250. The van der Waals surface area contributed by atoms with E-state index < -0.39 is 0 Å². The predicted octanol–water partition coefficient (Wildman–Crippen LogP) is 4.46. The van der Waals surface area contributed by atoms with Crippen LogP contribution in [-0.4, -0.2) is 0 Å². The minimum absolute atomic E-state index is 0.321. The Morgan fingerprint density at radius 1 is 1.11 bits per heavy atom. The molecule has 0 aliphatic heterocycles. The highest BCUT2D eigenvalue weighted by atomic mass is 35.5. The van der Waals surface area contributed by atoms with Gasteiger partial charge >= 0.3 is 0 Å². The Morgan fingerprint density at radius 2 is 1.74 bits per heavy atom. The number of nitrogens with two attached hydrogens (primary N) is 1. The molecule has 1 atom stereocenters. The average Bonchev–Trinajstić information content (AvgIpc) is 2.41. The SMILES string of the molecule is CC(C)(c1ccccc1)C(N)c1cc(F)ccc1Cl. The van der Waals surface area contributed by atoms with Crippen LogP contribution in [0.25, 0.3) is 0 Å². The molecular weight excluding hydrogens is 261 g/mol. The summed E-state index contributed by atoms with van der Waals surface area (Å²) in [6, 6.07) is 13.9. The Morgan fingerprint density at radius 3 is 2.37 bits per heavy atom. The monoisotopic (exact) mass is 277 g/mol. The molecule has 19 heavy (non-hydrogen) atoms. The van der Waals surface area contributed by atoms with Crippen LogP contribution in [0.4, 0.5) is 4.39 Å². The van der Waals surface area contributed by atoms with Crippen LogP contribution in [0.15, 0.2) is 48.5 Å². The van der Waals surface area contributed by atoms with Crippen LogP contribution in [0.3, 0.4) is 0 Å². The summed E-state index contributed by atoms with van der Waals surface area (Å²) in [6.45, 7) is 4.07. The molecule has 100 valence electrons. The summed E-state index contributed by atoms with van der Waals surface area (Å²) in [5.74, 6) is -0.321. The minimum Gasteiger partial charge on any atom is -0.323 e. The lowest BCUT2D eigenvalue weighted by molar-refractivity contribution is 0.419. The highest BCUT2D eigenvalue weighted by Gasteiger charge is 2.31. The third-order valence-electron chi connectivity index (χ3n) is 3.59. The molecule has 1 unspecified atom stereocenters. The summed E-state index contributed by atoms with van der Waals surface area (Å²) in [5.41, 5.74) is 7.72. The molecule has 2 aromatic rings. The molecular formula is C16H17ClFN. The van der Waals surface area contributed by atoms with E-state index in [4.69, 9.17) is 17.3 Å². The first-order valence-electron chi connectivity index (χ1n) is 6.19. The van der Waals surface area contributed by atoms with Gasteiger partial charge in [0.25, 0.3) is 0 Å². The molecule has 0 radical (unpaired) electrons. The van der Waals surface area contributed by atoms with Gasteiger partial charge in [-0.1, -0.05) is 55.8 Å². The number of hydrogen-bond donors (Lipinski definition) is 1. The number of hydrogen-bond acceptors (Lipinski definition) is 1. The lowest BCUT2D eigenvalue weighted by Crippen LogP contribution is -2.33. The second-order valence-corrected chi connectivity index (χ2v) is 5.64. The third kappa shape index (κ3) is 2.80. The van der Waals surface area contributed by atoms with Gasteiger partial charge in [0.1, 0.15) is 5.82 Å². The van der Waals surface area contributed by atoms with E-state index in [1.54, 1.807) is 6.07 Å². The Hall–Kier alpha value is -1.38. The van der Waals surface area contributed by atoms with E-state index in [1.165, 1.54) is 12.1 Å². The molecule has 0 saturated heterocycles. The molecule has 0 bridgehead atoms. The largest absolute Gasteiger partial charge is 0.323 e. The van der Waals surface area contributed by atoms with E-state index in [-0.39, 0.29) is 17.3 Å². The van der Waals surface area contributed by atoms with Gasteiger partial charge in [-0.05, 0) is 29.3 Å². The van der Waals surface area contributed by atoms with Crippen LogP contribution in [-0.2, 0) is 5.41 Å². The fourth-order valence-corrected chi connectivity index (χ4v) is 2.42. The van der Waals surface area contributed by atoms with Crippen molar-refractivity contribution in [2.75, 3.05) is 0 Å². The lowest BCUT2D eigenvalue weighted by Gasteiger charge is -2.33. The van der Waals surface area contributed by atoms with E-state index in [1.807, 2.05) is 44.2 Å². The van der Waals surface area contributed by atoms with Crippen LogP contribution in [0.2, 0.25) is 5.02 Å². The highest BCUT2D eigenvalue weighted by Crippen LogP contribution is 2.37. The lowest BCUT2D eigenvalue weighted by atomic mass is 9.75. The van der Waals surface area contributed by atoms with Crippen molar-refractivity contribution in [2.45, 2.75) is 25.3 Å². The molecule has 0 aliphatic carbocycles. The highest BCUT2D eigenvalue weighted by molar-refractivity contribution is 6.31. The van der Waals surface area contributed by atoms with Gasteiger partial charge in [-0.25, -0.2) is 4.39 Å². The third-order valence-corrected chi connectivity index (χ3v) is 3.93. The van der Waals surface area contributed by atoms with Gasteiger partial charge in [-0.3, -0.25) is 0 Å². The van der Waals surface area contributed by atoms with Crippen molar-refractivity contribution in [1.82, 2.24) is 0 Å². The molecule has 0 fully saturated rings. The Kier molecular flexibility index (Phi) is 3.93. The first-order valence-corrected chi connectivity index (χ1v) is 6.57. The molecule has 3 heteroatoms. The summed E-state index contributed by atoms with van der Waals surface area (Å²) in [5, 5.41) is 0.498. The standard InChI is InChI=1S/C16H17ClFN/c1-16(2,11-6-4-3-5-7-11)15(19)13-10-12(18)8-9-14(13)17/h3-10,15H,19H2,1-2H3. The topological polar surface area (TPSA) is 26.0 Å². The quantitative estimate of drug-likeness (QED) is 0.881. The van der Waals surface area contributed by atoms with Crippen LogP contribution < -0.4 is 5.73 Å². The van der Waals surface area contributed by atoms with E-state index in [2.05, 4.69) is 0 Å². The molecule has 0 aliphatic rings. The van der Waals surface area contributed by atoms with Gasteiger partial charge in [0.2, 0.25) is 0 Å². The van der Waals surface area contributed by atoms with Crippen molar-refractivity contribution in [2.24, 2.45) is 5.73 Å². The van der Waals surface area contributed by atoms with Crippen molar-refractivity contribution in [3.8, 4) is 0 Å². The minimum atomic E-state index is -0.377. The van der Waals surface area contributed by atoms with Gasteiger partial charge < -0.3 is 5.73 Å². The summed E-state index contributed by atoms with van der Waals surface area (Å²) in [6.07, 6.45) is 0. The van der Waals surface area contributed by atoms with Crippen LogP contribution in [0.1, 0.15) is 31.0 Å². The molecule has 1 nitrogen and oxygen atoms in total. The van der Waals surface area contributed by atoms with Crippen LogP contribution in [0, 0.1) is 5.82 Å². The second kappa shape index (κ2) is 5.32. The summed E-state index contributed by atoms with van der Waals surface area (Å²) in [7, 11) is 0. The molecule has 2 N–H and O–H groups in total. The van der Waals surface area contributed by atoms with E-state index in [9.17, 15) is 4.39 Å². The number of benzene rings is 2. The maximum absolute atomic E-state index is 13.4. The summed E-state index contributed by atoms with van der Waals surface area (Å²) in [4.78, 5) is 0. The molecule has 0 aromatic heterocycles. The van der Waals surface area contributed by atoms with Gasteiger partial charge in [-0.15, -0.1) is 0 Å². The van der Waals surface area contributed by atoms with Crippen molar-refractivity contribution in [3.05, 3.63) is 70.5 Å². The number of halogens is 2. The zero-order valence-corrected chi connectivity index (χ0v) is 11.8. The van der Waals surface area contributed by atoms with E-state index >= 15 is 0 Å². The molecule has 0 amide bonds. The van der Waals surface area contributed by atoms with Gasteiger partial charge in [0, 0.05) is 16.5 Å². The summed E-state index contributed by atoms with van der Waals surface area (Å²) < 4.78 is 13.4. The van der Waals surface area contributed by atoms with Crippen molar-refractivity contribution in [1.29, 1.82) is 0 Å². The number of rotatable bonds is 3. The van der Waals surface area contributed by atoms with E-state index in [0.717, 1.165) is 5.56 Å². The first kappa shape index (κ1) is 14.0. The molecule has 0 heterocycles. The first-order chi connectivity index (χ1) is 8.93. The average molecular weight is 278 g/mol. The van der Waals surface area contributed by atoms with E-state index in [0.29, 0.717) is 10.6 Å². The Bertz CT molecular complexity index is 566. The van der Waals surface area contributed by atoms with Gasteiger partial charge in [0.05, 0.1) is 0 Å². The molecule has 2 aromatic carbocycles. The normalized spacial score (nSPS) is 13.3.